The Balaban J connectivity index is 1.95. The summed E-state index contributed by atoms with van der Waals surface area (Å²) in [5.41, 5.74) is 8.78. The molecule has 2 N–H and O–H groups in total. The predicted molar refractivity (Wildman–Crippen MR) is 103 cm³/mol. The first-order valence-electron chi connectivity index (χ1n) is 8.69. The van der Waals surface area contributed by atoms with Gasteiger partial charge in [0.05, 0.1) is 20.8 Å². The smallest absolute Gasteiger partial charge is 0.431 e. The molecule has 0 spiro atoms. The van der Waals surface area contributed by atoms with Gasteiger partial charge in [-0.2, -0.15) is 10.1 Å². The molecule has 2 aromatic rings. The van der Waals surface area contributed by atoms with E-state index in [1.54, 1.807) is 26.4 Å². The zero-order valence-electron chi connectivity index (χ0n) is 15.6. The number of ether oxygens (including phenoxy) is 3. The van der Waals surface area contributed by atoms with Crippen LogP contribution in [0.5, 0.6) is 11.5 Å². The van der Waals surface area contributed by atoms with Crippen LogP contribution in [-0.2, 0) is 11.3 Å². The third kappa shape index (κ3) is 3.97. The van der Waals surface area contributed by atoms with E-state index in [9.17, 15) is 4.79 Å². The quantitative estimate of drug-likeness (QED) is 0.789. The lowest BCUT2D eigenvalue weighted by molar-refractivity contribution is 0.0712. The van der Waals surface area contributed by atoms with E-state index in [0.717, 1.165) is 11.1 Å². The first-order valence-corrected chi connectivity index (χ1v) is 8.69. The van der Waals surface area contributed by atoms with Gasteiger partial charge in [0.25, 0.3) is 0 Å². The Morgan fingerprint density at radius 2 is 1.81 bits per heavy atom. The van der Waals surface area contributed by atoms with E-state index in [0.29, 0.717) is 35.9 Å². The van der Waals surface area contributed by atoms with Crippen LogP contribution in [0.3, 0.4) is 0 Å². The summed E-state index contributed by atoms with van der Waals surface area (Å²) in [6.45, 7) is 2.25. The molecule has 7 nitrogen and oxygen atoms in total. The maximum Gasteiger partial charge on any atom is 0.431 e. The molecule has 1 heterocycles. The van der Waals surface area contributed by atoms with Crippen LogP contribution in [0, 0.1) is 0 Å². The van der Waals surface area contributed by atoms with Crippen molar-refractivity contribution in [2.45, 2.75) is 26.0 Å². The number of hydrogen-bond acceptors (Lipinski definition) is 6. The average molecular weight is 369 g/mol. The first kappa shape index (κ1) is 18.6. The molecule has 1 atom stereocenters. The second-order valence-electron chi connectivity index (χ2n) is 6.13. The van der Waals surface area contributed by atoms with Gasteiger partial charge in [0.2, 0.25) is 0 Å². The minimum atomic E-state index is -0.470. The van der Waals surface area contributed by atoms with Gasteiger partial charge in [0.1, 0.15) is 11.8 Å². The van der Waals surface area contributed by atoms with E-state index in [-0.39, 0.29) is 0 Å². The van der Waals surface area contributed by atoms with Gasteiger partial charge in [0.15, 0.2) is 11.5 Å². The van der Waals surface area contributed by atoms with Crippen molar-refractivity contribution in [3.63, 3.8) is 0 Å². The predicted octanol–water partition coefficient (Wildman–Crippen LogP) is 3.42. The Morgan fingerprint density at radius 3 is 2.44 bits per heavy atom. The minimum absolute atomic E-state index is 0.298. The molecule has 1 aliphatic heterocycles. The number of carbonyl (C=O) groups excluding carboxylic acids is 1. The Kier molecular flexibility index (Phi) is 5.49. The number of nitrogens with two attached hydrogens (primary N) is 1. The topological polar surface area (TPSA) is 86.4 Å². The molecule has 7 heteroatoms. The van der Waals surface area contributed by atoms with Crippen molar-refractivity contribution in [1.82, 2.24) is 5.01 Å². The van der Waals surface area contributed by atoms with Crippen LogP contribution in [-0.4, -0.2) is 37.1 Å². The molecule has 0 saturated heterocycles. The molecule has 0 saturated carbocycles. The molecule has 0 aliphatic carbocycles. The van der Waals surface area contributed by atoms with Gasteiger partial charge < -0.3 is 19.9 Å². The van der Waals surface area contributed by atoms with E-state index in [1.807, 2.05) is 37.3 Å². The van der Waals surface area contributed by atoms with Crippen LogP contribution in [0.4, 0.5) is 10.5 Å². The number of nitrogen functional groups attached to an aromatic ring is 1. The molecule has 2 aromatic carbocycles. The third-order valence-corrected chi connectivity index (χ3v) is 4.35. The number of carbonyl (C=O) groups is 1. The number of rotatable bonds is 6. The monoisotopic (exact) mass is 369 g/mol. The number of hydrogen-bond donors (Lipinski definition) is 1. The second-order valence-corrected chi connectivity index (χ2v) is 6.13. The highest BCUT2D eigenvalue weighted by molar-refractivity contribution is 6.06. The maximum absolute atomic E-state index is 12.4. The largest absolute Gasteiger partial charge is 0.493 e. The number of benzene rings is 2. The van der Waals surface area contributed by atoms with Crippen LogP contribution < -0.4 is 15.2 Å². The van der Waals surface area contributed by atoms with E-state index < -0.39 is 12.2 Å². The summed E-state index contributed by atoms with van der Waals surface area (Å²) in [6, 6.07) is 12.8. The molecule has 142 valence electrons. The van der Waals surface area contributed by atoms with E-state index in [2.05, 4.69) is 5.10 Å². The van der Waals surface area contributed by atoms with Gasteiger partial charge in [-0.25, -0.2) is 4.79 Å². The van der Waals surface area contributed by atoms with Crippen LogP contribution in [0.15, 0.2) is 47.6 Å². The number of nitrogens with zero attached hydrogens (tertiary/aromatic N) is 2. The van der Waals surface area contributed by atoms with E-state index in [4.69, 9.17) is 19.9 Å². The van der Waals surface area contributed by atoms with Crippen molar-refractivity contribution in [2.24, 2.45) is 5.10 Å². The second kappa shape index (κ2) is 7.99. The maximum atomic E-state index is 12.4. The summed E-state index contributed by atoms with van der Waals surface area (Å²) in [4.78, 5) is 12.4. The van der Waals surface area contributed by atoms with Crippen molar-refractivity contribution in [1.29, 1.82) is 0 Å². The fourth-order valence-electron chi connectivity index (χ4n) is 2.89. The van der Waals surface area contributed by atoms with Crippen molar-refractivity contribution in [2.75, 3.05) is 20.0 Å². The molecule has 0 aromatic heterocycles. The Morgan fingerprint density at radius 1 is 1.11 bits per heavy atom. The van der Waals surface area contributed by atoms with Crippen molar-refractivity contribution in [3.8, 4) is 11.5 Å². The van der Waals surface area contributed by atoms with E-state index >= 15 is 0 Å². The molecule has 0 radical (unpaired) electrons. The Bertz CT molecular complexity index is 849. The van der Waals surface area contributed by atoms with Crippen molar-refractivity contribution >= 4 is 17.5 Å². The Hall–Kier alpha value is -3.22. The van der Waals surface area contributed by atoms with Gasteiger partial charge in [-0.3, -0.25) is 0 Å². The number of methoxy groups -OCH3 is 2. The number of cyclic esters (lactones) is 1. The molecule has 1 amide bonds. The highest BCUT2D eigenvalue weighted by atomic mass is 16.6. The van der Waals surface area contributed by atoms with Gasteiger partial charge >= 0.3 is 6.09 Å². The van der Waals surface area contributed by atoms with Crippen LogP contribution >= 0.6 is 0 Å². The normalized spacial score (nSPS) is 16.6. The zero-order valence-corrected chi connectivity index (χ0v) is 15.6. The van der Waals surface area contributed by atoms with Gasteiger partial charge in [0, 0.05) is 11.3 Å². The lowest BCUT2D eigenvalue weighted by Gasteiger charge is -2.29. The van der Waals surface area contributed by atoms with Gasteiger partial charge in [-0.05, 0) is 42.3 Å². The molecule has 27 heavy (non-hydrogen) atoms. The summed E-state index contributed by atoms with van der Waals surface area (Å²) in [7, 11) is 3.16. The average Bonchev–Trinajstić information content (AvgIpc) is 2.70. The third-order valence-electron chi connectivity index (χ3n) is 4.35. The number of hydrazone groups is 1. The summed E-state index contributed by atoms with van der Waals surface area (Å²) < 4.78 is 16.3. The van der Waals surface area contributed by atoms with E-state index in [1.165, 1.54) is 5.01 Å². The number of amides is 1. The molecular weight excluding hydrogens is 346 g/mol. The molecule has 1 aliphatic rings. The minimum Gasteiger partial charge on any atom is -0.493 e. The summed E-state index contributed by atoms with van der Waals surface area (Å²) >= 11 is 0. The molecule has 0 fully saturated rings. The molecule has 1 unspecified atom stereocenters. The highest BCUT2D eigenvalue weighted by Gasteiger charge is 2.31. The fourth-order valence-corrected chi connectivity index (χ4v) is 2.89. The van der Waals surface area contributed by atoms with Crippen LogP contribution in [0.1, 0.15) is 24.5 Å². The highest BCUT2D eigenvalue weighted by Crippen LogP contribution is 2.30. The van der Waals surface area contributed by atoms with Crippen molar-refractivity contribution < 1.29 is 19.0 Å². The SMILES string of the molecule is CCC1OC(=O)N(Cc2ccc(N)cc2)N=C1c1ccc(OC)c(OC)c1. The summed E-state index contributed by atoms with van der Waals surface area (Å²) in [5, 5.41) is 5.90. The lowest BCUT2D eigenvalue weighted by atomic mass is 10.0. The lowest BCUT2D eigenvalue weighted by Crippen LogP contribution is -2.41. The van der Waals surface area contributed by atoms with Gasteiger partial charge in [-0.1, -0.05) is 19.1 Å². The standard InChI is InChI=1S/C20H23N3O4/c1-4-16-19(14-7-10-17(25-2)18(11-14)26-3)22-23(20(24)27-16)12-13-5-8-15(21)9-6-13/h5-11,16H,4,12,21H2,1-3H3. The first-order chi connectivity index (χ1) is 13.0. The zero-order chi connectivity index (χ0) is 19.4. The van der Waals surface area contributed by atoms with Crippen LogP contribution in [0.2, 0.25) is 0 Å². The Labute approximate surface area is 158 Å². The molecular formula is C20H23N3O4. The van der Waals surface area contributed by atoms with Crippen LogP contribution in [0.25, 0.3) is 0 Å². The summed E-state index contributed by atoms with van der Waals surface area (Å²) in [6.07, 6.45) is -0.268. The molecule has 0 bridgehead atoms. The summed E-state index contributed by atoms with van der Waals surface area (Å²) in [5.74, 6) is 1.22. The van der Waals surface area contributed by atoms with Crippen molar-refractivity contribution in [3.05, 3.63) is 53.6 Å². The fraction of sp³-hybridized carbons (Fsp3) is 0.300. The number of anilines is 1. The van der Waals surface area contributed by atoms with Gasteiger partial charge in [-0.15, -0.1) is 0 Å². The molecule has 3 rings (SSSR count).